The second-order valence-corrected chi connectivity index (χ2v) is 8.26. The van der Waals surface area contributed by atoms with Gasteiger partial charge >= 0.3 is 0 Å². The lowest BCUT2D eigenvalue weighted by Crippen LogP contribution is -2.19. The summed E-state index contributed by atoms with van der Waals surface area (Å²) in [4.78, 5) is 17.6. The third kappa shape index (κ3) is 4.19. The van der Waals surface area contributed by atoms with Crippen LogP contribution in [0.4, 0.5) is 5.69 Å². The van der Waals surface area contributed by atoms with Gasteiger partial charge in [-0.2, -0.15) is 0 Å². The molecule has 0 saturated carbocycles. The molecule has 0 spiro atoms. The van der Waals surface area contributed by atoms with E-state index in [1.54, 1.807) is 7.11 Å². The van der Waals surface area contributed by atoms with Crippen molar-refractivity contribution < 1.29 is 9.53 Å². The van der Waals surface area contributed by atoms with Crippen LogP contribution in [-0.4, -0.2) is 22.8 Å². The normalized spacial score (nSPS) is 16.3. The molecule has 1 aromatic heterocycles. The summed E-state index contributed by atoms with van der Waals surface area (Å²) in [6, 6.07) is 16.0. The van der Waals surface area contributed by atoms with Gasteiger partial charge in [-0.05, 0) is 97.8 Å². The standard InChI is InChI=1S/C24H23N3O2S/c1-15-5-6-19(11-16(15)2)25-24-26-23(28)22(30-24)13-18-12-17(3)27(14-18)20-7-9-21(29-4)10-8-20/h5-14H,1-4H3,(H,25,26,28)/b22-13+. The molecule has 2 heterocycles. The first-order chi connectivity index (χ1) is 14.4. The SMILES string of the molecule is COc1ccc(-n2cc(/C=C3/SC(=Nc4ccc(C)c(C)c4)NC3=O)cc2C)cc1. The average molecular weight is 418 g/mol. The van der Waals surface area contributed by atoms with E-state index in [-0.39, 0.29) is 5.91 Å². The Balaban J connectivity index is 1.57. The molecule has 30 heavy (non-hydrogen) atoms. The fourth-order valence-electron chi connectivity index (χ4n) is 3.24. The summed E-state index contributed by atoms with van der Waals surface area (Å²) < 4.78 is 7.32. The van der Waals surface area contributed by atoms with Crippen LogP contribution < -0.4 is 10.1 Å². The van der Waals surface area contributed by atoms with Crippen LogP contribution >= 0.6 is 11.8 Å². The fourth-order valence-corrected chi connectivity index (χ4v) is 4.08. The molecule has 6 heteroatoms. The molecule has 1 amide bonds. The number of aliphatic imine (C=N–C) groups is 1. The molecular weight excluding hydrogens is 394 g/mol. The van der Waals surface area contributed by atoms with Crippen molar-refractivity contribution in [2.45, 2.75) is 20.8 Å². The number of aryl methyl sites for hydroxylation is 3. The molecule has 3 aromatic rings. The fraction of sp³-hybridized carbons (Fsp3) is 0.167. The number of thioether (sulfide) groups is 1. The van der Waals surface area contributed by atoms with Gasteiger partial charge in [0.2, 0.25) is 0 Å². The van der Waals surface area contributed by atoms with Crippen molar-refractivity contribution >= 4 is 34.6 Å². The van der Waals surface area contributed by atoms with Crippen LogP contribution in [0.5, 0.6) is 5.75 Å². The first-order valence-electron chi connectivity index (χ1n) is 9.63. The zero-order valence-electron chi connectivity index (χ0n) is 17.4. The first kappa shape index (κ1) is 20.0. The topological polar surface area (TPSA) is 55.6 Å². The van der Waals surface area contributed by atoms with E-state index in [4.69, 9.17) is 4.74 Å². The quantitative estimate of drug-likeness (QED) is 0.586. The minimum atomic E-state index is -0.127. The maximum atomic E-state index is 12.4. The Morgan fingerprint density at radius 2 is 1.80 bits per heavy atom. The summed E-state index contributed by atoms with van der Waals surface area (Å²) in [6.07, 6.45) is 3.92. The molecular formula is C24H23N3O2S. The molecule has 1 N–H and O–H groups in total. The number of nitrogens with zero attached hydrogens (tertiary/aromatic N) is 2. The van der Waals surface area contributed by atoms with Crippen LogP contribution in [0.2, 0.25) is 0 Å². The number of nitrogens with one attached hydrogen (secondary N) is 1. The predicted octanol–water partition coefficient (Wildman–Crippen LogP) is 5.30. The first-order valence-corrected chi connectivity index (χ1v) is 10.4. The van der Waals surface area contributed by atoms with Crippen molar-refractivity contribution in [3.05, 3.63) is 82.0 Å². The number of ether oxygens (including phenoxy) is 1. The molecule has 1 aliphatic rings. The number of aromatic nitrogens is 1. The van der Waals surface area contributed by atoms with Gasteiger partial charge in [-0.3, -0.25) is 4.79 Å². The molecule has 1 fully saturated rings. The van der Waals surface area contributed by atoms with Gasteiger partial charge in [0.1, 0.15) is 5.75 Å². The Bertz CT molecular complexity index is 1170. The van der Waals surface area contributed by atoms with Gasteiger partial charge in [-0.25, -0.2) is 4.99 Å². The molecule has 2 aromatic carbocycles. The lowest BCUT2D eigenvalue weighted by Gasteiger charge is -2.06. The van der Waals surface area contributed by atoms with E-state index in [2.05, 4.69) is 34.8 Å². The summed E-state index contributed by atoms with van der Waals surface area (Å²) in [7, 11) is 1.65. The summed E-state index contributed by atoms with van der Waals surface area (Å²) >= 11 is 1.36. The number of hydrogen-bond donors (Lipinski definition) is 1. The maximum absolute atomic E-state index is 12.4. The van der Waals surface area contributed by atoms with E-state index >= 15 is 0 Å². The highest BCUT2D eigenvalue weighted by Crippen LogP contribution is 2.29. The summed E-state index contributed by atoms with van der Waals surface area (Å²) in [6.45, 7) is 6.17. The van der Waals surface area contributed by atoms with Crippen molar-refractivity contribution in [3.8, 4) is 11.4 Å². The molecule has 0 radical (unpaired) electrons. The molecule has 4 rings (SSSR count). The van der Waals surface area contributed by atoms with Crippen molar-refractivity contribution in [1.82, 2.24) is 9.88 Å². The van der Waals surface area contributed by atoms with Gasteiger partial charge in [0.25, 0.3) is 5.91 Å². The Labute approximate surface area is 180 Å². The molecule has 0 unspecified atom stereocenters. The summed E-state index contributed by atoms with van der Waals surface area (Å²) in [5.41, 5.74) is 6.33. The van der Waals surface area contributed by atoms with Crippen LogP contribution in [0.15, 0.2) is 64.6 Å². The third-order valence-corrected chi connectivity index (χ3v) is 5.96. The Kier molecular flexibility index (Phi) is 5.50. The number of amides is 1. The number of amidine groups is 1. The number of carbonyl (C=O) groups is 1. The van der Waals surface area contributed by atoms with Crippen molar-refractivity contribution in [2.24, 2.45) is 4.99 Å². The highest BCUT2D eigenvalue weighted by molar-refractivity contribution is 8.18. The van der Waals surface area contributed by atoms with Crippen LogP contribution in [0, 0.1) is 20.8 Å². The van der Waals surface area contributed by atoms with E-state index in [0.29, 0.717) is 10.1 Å². The van der Waals surface area contributed by atoms with E-state index in [0.717, 1.165) is 28.4 Å². The number of hydrogen-bond acceptors (Lipinski definition) is 4. The van der Waals surface area contributed by atoms with Crippen molar-refractivity contribution in [2.75, 3.05) is 7.11 Å². The van der Waals surface area contributed by atoms with Crippen molar-refractivity contribution in [3.63, 3.8) is 0 Å². The second-order valence-electron chi connectivity index (χ2n) is 7.23. The van der Waals surface area contributed by atoms with E-state index < -0.39 is 0 Å². The maximum Gasteiger partial charge on any atom is 0.264 e. The van der Waals surface area contributed by atoms with Gasteiger partial charge < -0.3 is 14.6 Å². The largest absolute Gasteiger partial charge is 0.497 e. The zero-order chi connectivity index (χ0) is 21.3. The van der Waals surface area contributed by atoms with E-state index in [9.17, 15) is 4.79 Å². The number of methoxy groups -OCH3 is 1. The highest BCUT2D eigenvalue weighted by Gasteiger charge is 2.24. The van der Waals surface area contributed by atoms with Crippen LogP contribution in [-0.2, 0) is 4.79 Å². The number of rotatable bonds is 4. The smallest absolute Gasteiger partial charge is 0.264 e. The summed E-state index contributed by atoms with van der Waals surface area (Å²) in [5, 5.41) is 3.46. The second kappa shape index (κ2) is 8.24. The van der Waals surface area contributed by atoms with Crippen LogP contribution in [0.1, 0.15) is 22.4 Å². The van der Waals surface area contributed by atoms with Crippen LogP contribution in [0.25, 0.3) is 11.8 Å². The monoisotopic (exact) mass is 417 g/mol. The Hall–Kier alpha value is -3.25. The predicted molar refractivity (Wildman–Crippen MR) is 124 cm³/mol. The Morgan fingerprint density at radius 1 is 1.03 bits per heavy atom. The Morgan fingerprint density at radius 3 is 2.50 bits per heavy atom. The van der Waals surface area contributed by atoms with E-state index in [1.165, 1.54) is 22.9 Å². The molecule has 1 saturated heterocycles. The summed E-state index contributed by atoms with van der Waals surface area (Å²) in [5.74, 6) is 0.693. The lowest BCUT2D eigenvalue weighted by molar-refractivity contribution is -0.115. The molecule has 1 aliphatic heterocycles. The van der Waals surface area contributed by atoms with Gasteiger partial charge in [-0.15, -0.1) is 0 Å². The molecule has 0 aliphatic carbocycles. The molecule has 0 atom stereocenters. The third-order valence-electron chi connectivity index (χ3n) is 5.05. The number of benzene rings is 2. The molecule has 5 nitrogen and oxygen atoms in total. The zero-order valence-corrected chi connectivity index (χ0v) is 18.2. The van der Waals surface area contributed by atoms with Gasteiger partial charge in [0.05, 0.1) is 17.7 Å². The molecule has 0 bridgehead atoms. The average Bonchev–Trinajstić information content (AvgIpc) is 3.26. The van der Waals surface area contributed by atoms with E-state index in [1.807, 2.05) is 61.7 Å². The van der Waals surface area contributed by atoms with Crippen LogP contribution in [0.3, 0.4) is 0 Å². The van der Waals surface area contributed by atoms with Gasteiger partial charge in [0, 0.05) is 17.6 Å². The minimum Gasteiger partial charge on any atom is -0.497 e. The molecule has 152 valence electrons. The van der Waals surface area contributed by atoms with Gasteiger partial charge in [0.15, 0.2) is 5.17 Å². The number of carbonyl (C=O) groups excluding carboxylic acids is 1. The minimum absolute atomic E-state index is 0.127. The van der Waals surface area contributed by atoms with Gasteiger partial charge in [-0.1, -0.05) is 6.07 Å². The highest BCUT2D eigenvalue weighted by atomic mass is 32.2. The van der Waals surface area contributed by atoms with Crippen molar-refractivity contribution in [1.29, 1.82) is 0 Å². The lowest BCUT2D eigenvalue weighted by atomic mass is 10.1.